The fraction of sp³-hybridized carbons (Fsp3) is 0.643. The van der Waals surface area contributed by atoms with Gasteiger partial charge in [-0.15, -0.1) is 0 Å². The van der Waals surface area contributed by atoms with Gasteiger partial charge in [-0.05, 0) is 34.5 Å². The molecule has 1 heterocycles. The van der Waals surface area contributed by atoms with Crippen molar-refractivity contribution in [2.45, 2.75) is 58.0 Å². The largest absolute Gasteiger partial charge is 0.393 e. The van der Waals surface area contributed by atoms with Crippen LogP contribution in [0.2, 0.25) is 0 Å². The van der Waals surface area contributed by atoms with Gasteiger partial charge in [0.1, 0.15) is 0 Å². The van der Waals surface area contributed by atoms with Gasteiger partial charge in [0.05, 0.1) is 6.10 Å². The van der Waals surface area contributed by atoms with Gasteiger partial charge in [-0.3, -0.25) is 4.98 Å². The maximum absolute atomic E-state index is 9.88. The molecule has 0 radical (unpaired) electrons. The minimum absolute atomic E-state index is 0.245. The van der Waals surface area contributed by atoms with Crippen molar-refractivity contribution >= 4 is 15.9 Å². The molecule has 0 aliphatic rings. The van der Waals surface area contributed by atoms with Crippen molar-refractivity contribution in [2.75, 3.05) is 0 Å². The van der Waals surface area contributed by atoms with Crippen molar-refractivity contribution in [2.24, 2.45) is 0 Å². The van der Waals surface area contributed by atoms with E-state index in [0.29, 0.717) is 6.42 Å². The predicted octanol–water partition coefficient (Wildman–Crippen LogP) is 4.11. The van der Waals surface area contributed by atoms with Crippen molar-refractivity contribution in [1.29, 1.82) is 0 Å². The van der Waals surface area contributed by atoms with E-state index in [-0.39, 0.29) is 6.10 Å². The summed E-state index contributed by atoms with van der Waals surface area (Å²) in [6.07, 6.45) is 9.32. The van der Waals surface area contributed by atoms with E-state index in [1.807, 2.05) is 12.1 Å². The highest BCUT2D eigenvalue weighted by Crippen LogP contribution is 2.12. The van der Waals surface area contributed by atoms with Crippen molar-refractivity contribution in [1.82, 2.24) is 4.98 Å². The summed E-state index contributed by atoms with van der Waals surface area (Å²) in [6, 6.07) is 3.93. The van der Waals surface area contributed by atoms with Crippen LogP contribution in [0.4, 0.5) is 0 Å². The lowest BCUT2D eigenvalue weighted by atomic mass is 10.0. The third kappa shape index (κ3) is 6.79. The Morgan fingerprint density at radius 1 is 1.24 bits per heavy atom. The van der Waals surface area contributed by atoms with E-state index in [0.717, 1.165) is 23.0 Å². The van der Waals surface area contributed by atoms with Crippen LogP contribution in [0.25, 0.3) is 0 Å². The van der Waals surface area contributed by atoms with Gasteiger partial charge in [0.2, 0.25) is 0 Å². The highest BCUT2D eigenvalue weighted by atomic mass is 79.9. The first-order valence-electron chi connectivity index (χ1n) is 6.51. The molecular weight excluding hydrogens is 278 g/mol. The highest BCUT2D eigenvalue weighted by molar-refractivity contribution is 9.10. The Morgan fingerprint density at radius 2 is 2.00 bits per heavy atom. The second-order valence-electron chi connectivity index (χ2n) is 4.53. The number of nitrogens with zero attached hydrogens (tertiary/aromatic N) is 1. The summed E-state index contributed by atoms with van der Waals surface area (Å²) in [5, 5.41) is 9.88. The standard InChI is InChI=1S/C14H22BrNO/c1-2-3-4-5-6-7-14(17)10-13-9-8-12(15)11-16-13/h8-9,11,14,17H,2-7,10H2,1H3. The van der Waals surface area contributed by atoms with Crippen molar-refractivity contribution in [3.05, 3.63) is 28.5 Å². The van der Waals surface area contributed by atoms with E-state index < -0.39 is 0 Å². The maximum Gasteiger partial charge on any atom is 0.0595 e. The number of hydrogen-bond acceptors (Lipinski definition) is 2. The molecule has 2 nitrogen and oxygen atoms in total. The Bertz CT molecular complexity index is 300. The molecule has 1 N–H and O–H groups in total. The highest BCUT2D eigenvalue weighted by Gasteiger charge is 2.06. The number of aliphatic hydroxyl groups is 1. The number of unbranched alkanes of at least 4 members (excludes halogenated alkanes) is 4. The lowest BCUT2D eigenvalue weighted by molar-refractivity contribution is 0.159. The molecular formula is C14H22BrNO. The van der Waals surface area contributed by atoms with Crippen LogP contribution in [0.3, 0.4) is 0 Å². The number of aromatic nitrogens is 1. The van der Waals surface area contributed by atoms with Crippen molar-refractivity contribution in [3.63, 3.8) is 0 Å². The molecule has 96 valence electrons. The third-order valence-electron chi connectivity index (χ3n) is 2.87. The van der Waals surface area contributed by atoms with Gasteiger partial charge in [-0.1, -0.05) is 39.0 Å². The quantitative estimate of drug-likeness (QED) is 0.733. The summed E-state index contributed by atoms with van der Waals surface area (Å²) in [5.41, 5.74) is 0.967. The Labute approximate surface area is 113 Å². The Kier molecular flexibility index (Phi) is 7.45. The minimum atomic E-state index is -0.245. The third-order valence-corrected chi connectivity index (χ3v) is 3.34. The number of halogens is 1. The van der Waals surface area contributed by atoms with Crippen molar-refractivity contribution in [3.8, 4) is 0 Å². The molecule has 0 aliphatic heterocycles. The monoisotopic (exact) mass is 299 g/mol. The van der Waals surface area contributed by atoms with Crippen LogP contribution in [-0.2, 0) is 6.42 Å². The zero-order chi connectivity index (χ0) is 12.5. The molecule has 0 bridgehead atoms. The lowest BCUT2D eigenvalue weighted by Crippen LogP contribution is -2.11. The van der Waals surface area contributed by atoms with E-state index in [1.165, 1.54) is 25.7 Å². The van der Waals surface area contributed by atoms with Gasteiger partial charge in [0, 0.05) is 22.8 Å². The zero-order valence-electron chi connectivity index (χ0n) is 10.5. The topological polar surface area (TPSA) is 33.1 Å². The van der Waals surface area contributed by atoms with E-state index in [2.05, 4.69) is 27.8 Å². The van der Waals surface area contributed by atoms with Crippen LogP contribution in [-0.4, -0.2) is 16.2 Å². The van der Waals surface area contributed by atoms with Crippen LogP contribution >= 0.6 is 15.9 Å². The number of aliphatic hydroxyl groups excluding tert-OH is 1. The maximum atomic E-state index is 9.88. The molecule has 0 fully saturated rings. The normalized spacial score (nSPS) is 12.6. The van der Waals surface area contributed by atoms with E-state index in [4.69, 9.17) is 0 Å². The summed E-state index contributed by atoms with van der Waals surface area (Å²) in [7, 11) is 0. The molecule has 0 amide bonds. The molecule has 1 aromatic rings. The first-order chi connectivity index (χ1) is 8.22. The van der Waals surface area contributed by atoms with Crippen LogP contribution in [0.1, 0.15) is 51.1 Å². The average Bonchev–Trinajstić information content (AvgIpc) is 2.32. The van der Waals surface area contributed by atoms with Crippen LogP contribution < -0.4 is 0 Å². The molecule has 0 spiro atoms. The first-order valence-corrected chi connectivity index (χ1v) is 7.30. The van der Waals surface area contributed by atoms with E-state index >= 15 is 0 Å². The van der Waals surface area contributed by atoms with E-state index in [1.54, 1.807) is 6.20 Å². The molecule has 17 heavy (non-hydrogen) atoms. The smallest absolute Gasteiger partial charge is 0.0595 e. The second kappa shape index (κ2) is 8.65. The molecule has 0 aliphatic carbocycles. The van der Waals surface area contributed by atoms with Gasteiger partial charge in [-0.2, -0.15) is 0 Å². The molecule has 1 rings (SSSR count). The van der Waals surface area contributed by atoms with Crippen LogP contribution in [0.15, 0.2) is 22.8 Å². The van der Waals surface area contributed by atoms with E-state index in [9.17, 15) is 5.11 Å². The SMILES string of the molecule is CCCCCCCC(O)Cc1ccc(Br)cn1. The summed E-state index contributed by atoms with van der Waals surface area (Å²) >= 11 is 3.35. The lowest BCUT2D eigenvalue weighted by Gasteiger charge is -2.09. The minimum Gasteiger partial charge on any atom is -0.393 e. The Hall–Kier alpha value is -0.410. The summed E-state index contributed by atoms with van der Waals surface area (Å²) in [4.78, 5) is 4.27. The fourth-order valence-corrected chi connectivity index (χ4v) is 2.09. The fourth-order valence-electron chi connectivity index (χ4n) is 1.85. The van der Waals surface area contributed by atoms with Crippen LogP contribution in [0, 0.1) is 0 Å². The van der Waals surface area contributed by atoms with Gasteiger partial charge >= 0.3 is 0 Å². The molecule has 0 saturated carbocycles. The number of rotatable bonds is 8. The summed E-state index contributed by atoms with van der Waals surface area (Å²) in [6.45, 7) is 2.22. The van der Waals surface area contributed by atoms with Crippen LogP contribution in [0.5, 0.6) is 0 Å². The van der Waals surface area contributed by atoms with Gasteiger partial charge in [0.15, 0.2) is 0 Å². The predicted molar refractivity (Wildman–Crippen MR) is 75.0 cm³/mol. The molecule has 1 atom stereocenters. The van der Waals surface area contributed by atoms with Gasteiger partial charge < -0.3 is 5.11 Å². The summed E-state index contributed by atoms with van der Waals surface area (Å²) in [5.74, 6) is 0. The number of hydrogen-bond donors (Lipinski definition) is 1. The Morgan fingerprint density at radius 3 is 2.65 bits per heavy atom. The van der Waals surface area contributed by atoms with Crippen molar-refractivity contribution < 1.29 is 5.11 Å². The van der Waals surface area contributed by atoms with Gasteiger partial charge in [-0.25, -0.2) is 0 Å². The van der Waals surface area contributed by atoms with Gasteiger partial charge in [0.25, 0.3) is 0 Å². The second-order valence-corrected chi connectivity index (χ2v) is 5.44. The molecule has 0 saturated heterocycles. The molecule has 1 aromatic heterocycles. The number of pyridine rings is 1. The summed E-state index contributed by atoms with van der Waals surface area (Å²) < 4.78 is 0.982. The Balaban J connectivity index is 2.16. The molecule has 3 heteroatoms. The first kappa shape index (κ1) is 14.7. The zero-order valence-corrected chi connectivity index (χ0v) is 12.1. The average molecular weight is 300 g/mol. The molecule has 0 aromatic carbocycles. The molecule has 1 unspecified atom stereocenters.